The molecule has 7 heteroatoms. The molecule has 3 aromatic rings. The molecule has 1 saturated heterocycles. The molecule has 2 aromatic heterocycles. The Kier molecular flexibility index (Phi) is 6.53. The van der Waals surface area contributed by atoms with Crippen LogP contribution in [0, 0.1) is 0 Å². The van der Waals surface area contributed by atoms with Gasteiger partial charge in [0, 0.05) is 38.6 Å². The average Bonchev–Trinajstić information content (AvgIpc) is 3.22. The van der Waals surface area contributed by atoms with E-state index in [0.717, 1.165) is 68.2 Å². The second-order valence-corrected chi connectivity index (χ2v) is 8.33. The Hall–Kier alpha value is -2.90. The van der Waals surface area contributed by atoms with Gasteiger partial charge >= 0.3 is 0 Å². The Balaban J connectivity index is 1.42. The number of piperazine rings is 1. The van der Waals surface area contributed by atoms with E-state index in [0.29, 0.717) is 5.69 Å². The van der Waals surface area contributed by atoms with E-state index in [1.54, 1.807) is 7.11 Å². The number of benzene rings is 1. The molecule has 0 radical (unpaired) electrons. The Morgan fingerprint density at radius 3 is 2.61 bits per heavy atom. The zero-order chi connectivity index (χ0) is 21.8. The highest BCUT2D eigenvalue weighted by atomic mass is 16.5. The van der Waals surface area contributed by atoms with Gasteiger partial charge in [0.05, 0.1) is 7.11 Å². The fraction of sp³-hybridized carbons (Fsp3) is 0.417. The van der Waals surface area contributed by atoms with Gasteiger partial charge in [-0.2, -0.15) is 0 Å². The topological polar surface area (TPSA) is 53.3 Å². The molecule has 4 rings (SSSR count). The number of nitrogens with zero attached hydrogens (tertiary/aromatic N) is 5. The zero-order valence-electron chi connectivity index (χ0n) is 18.6. The van der Waals surface area contributed by atoms with Crippen molar-refractivity contribution < 1.29 is 9.53 Å². The van der Waals surface area contributed by atoms with E-state index in [4.69, 9.17) is 4.74 Å². The minimum atomic E-state index is 0.0135. The summed E-state index contributed by atoms with van der Waals surface area (Å²) in [5, 5.41) is 0. The standard InChI is InChI=1S/C24H31N5O2/c1-26(2)10-5-11-27-12-14-28(15-13-27)24(30)22-18-29-17-20(8-9-23(29)25-22)19-6-4-7-21(16-19)31-3/h4,6-9,16-18H,5,10-15H2,1-3H3. The molecule has 0 N–H and O–H groups in total. The second kappa shape index (κ2) is 9.49. The normalized spacial score (nSPS) is 15.0. The third-order valence-corrected chi connectivity index (χ3v) is 5.81. The van der Waals surface area contributed by atoms with Crippen molar-refractivity contribution in [3.05, 3.63) is 54.5 Å². The van der Waals surface area contributed by atoms with Gasteiger partial charge in [-0.05, 0) is 69.0 Å². The molecule has 1 aliphatic heterocycles. The maximum Gasteiger partial charge on any atom is 0.274 e. The summed E-state index contributed by atoms with van der Waals surface area (Å²) in [6.45, 7) is 5.53. The molecular weight excluding hydrogens is 390 g/mol. The van der Waals surface area contributed by atoms with Crippen LogP contribution in [-0.4, -0.2) is 90.5 Å². The SMILES string of the molecule is COc1cccc(-c2ccc3nc(C(=O)N4CCN(CCCN(C)C)CC4)cn3c2)c1. The predicted octanol–water partition coefficient (Wildman–Crippen LogP) is 2.72. The summed E-state index contributed by atoms with van der Waals surface area (Å²) in [6.07, 6.45) is 5.00. The summed E-state index contributed by atoms with van der Waals surface area (Å²) < 4.78 is 7.26. The van der Waals surface area contributed by atoms with Crippen LogP contribution in [0.25, 0.3) is 16.8 Å². The molecule has 0 atom stereocenters. The van der Waals surface area contributed by atoms with Crippen molar-refractivity contribution in [1.82, 2.24) is 24.1 Å². The Morgan fingerprint density at radius 1 is 1.06 bits per heavy atom. The number of carbonyl (C=O) groups excluding carboxylic acids is 1. The van der Waals surface area contributed by atoms with Crippen molar-refractivity contribution in [3.8, 4) is 16.9 Å². The molecule has 1 fully saturated rings. The number of carbonyl (C=O) groups is 1. The van der Waals surface area contributed by atoms with Crippen LogP contribution in [0.5, 0.6) is 5.75 Å². The van der Waals surface area contributed by atoms with Crippen LogP contribution in [0.1, 0.15) is 16.9 Å². The smallest absolute Gasteiger partial charge is 0.274 e. The minimum absolute atomic E-state index is 0.0135. The molecule has 1 amide bonds. The van der Waals surface area contributed by atoms with Crippen LogP contribution in [0.2, 0.25) is 0 Å². The zero-order valence-corrected chi connectivity index (χ0v) is 18.6. The average molecular weight is 422 g/mol. The summed E-state index contributed by atoms with van der Waals surface area (Å²) in [4.78, 5) is 24.2. The number of imidazole rings is 1. The molecule has 31 heavy (non-hydrogen) atoms. The van der Waals surface area contributed by atoms with Gasteiger partial charge in [0.15, 0.2) is 0 Å². The Morgan fingerprint density at radius 2 is 1.87 bits per heavy atom. The summed E-state index contributed by atoms with van der Waals surface area (Å²) in [5.41, 5.74) is 3.39. The molecule has 0 bridgehead atoms. The molecule has 3 heterocycles. The molecule has 0 spiro atoms. The first kappa shape index (κ1) is 21.3. The van der Waals surface area contributed by atoms with Crippen molar-refractivity contribution >= 4 is 11.6 Å². The van der Waals surface area contributed by atoms with Crippen LogP contribution in [0.15, 0.2) is 48.8 Å². The van der Waals surface area contributed by atoms with Crippen LogP contribution < -0.4 is 4.74 Å². The van der Waals surface area contributed by atoms with E-state index in [1.165, 1.54) is 0 Å². The van der Waals surface area contributed by atoms with Crippen LogP contribution in [0.3, 0.4) is 0 Å². The van der Waals surface area contributed by atoms with Crippen molar-refractivity contribution in [2.75, 3.05) is 60.5 Å². The minimum Gasteiger partial charge on any atom is -0.497 e. The van der Waals surface area contributed by atoms with Crippen LogP contribution in [0.4, 0.5) is 0 Å². The Labute approximate surface area is 183 Å². The first-order valence-corrected chi connectivity index (χ1v) is 10.8. The first-order chi connectivity index (χ1) is 15.0. The van der Waals surface area contributed by atoms with E-state index in [2.05, 4.69) is 28.9 Å². The number of hydrogen-bond donors (Lipinski definition) is 0. The van der Waals surface area contributed by atoms with Gasteiger partial charge in [0.1, 0.15) is 17.1 Å². The van der Waals surface area contributed by atoms with Gasteiger partial charge in [0.25, 0.3) is 5.91 Å². The number of methoxy groups -OCH3 is 1. The van der Waals surface area contributed by atoms with Gasteiger partial charge in [-0.15, -0.1) is 0 Å². The number of pyridine rings is 1. The lowest BCUT2D eigenvalue weighted by molar-refractivity contribution is 0.0628. The molecule has 164 valence electrons. The number of aromatic nitrogens is 2. The number of fused-ring (bicyclic) bond motifs is 1. The third kappa shape index (κ3) is 5.06. The molecule has 0 aliphatic carbocycles. The van der Waals surface area contributed by atoms with Gasteiger partial charge in [0.2, 0.25) is 0 Å². The van der Waals surface area contributed by atoms with Crippen molar-refractivity contribution in [3.63, 3.8) is 0 Å². The number of ether oxygens (including phenoxy) is 1. The van der Waals surface area contributed by atoms with Crippen molar-refractivity contribution in [2.24, 2.45) is 0 Å². The molecular formula is C24H31N5O2. The quantitative estimate of drug-likeness (QED) is 0.587. The van der Waals surface area contributed by atoms with Crippen molar-refractivity contribution in [1.29, 1.82) is 0 Å². The van der Waals surface area contributed by atoms with Crippen molar-refractivity contribution in [2.45, 2.75) is 6.42 Å². The highest BCUT2D eigenvalue weighted by Crippen LogP contribution is 2.24. The van der Waals surface area contributed by atoms with Gasteiger partial charge in [-0.1, -0.05) is 12.1 Å². The second-order valence-electron chi connectivity index (χ2n) is 8.33. The third-order valence-electron chi connectivity index (χ3n) is 5.81. The van der Waals surface area contributed by atoms with Gasteiger partial charge in [-0.3, -0.25) is 9.69 Å². The molecule has 0 unspecified atom stereocenters. The van der Waals surface area contributed by atoms with Gasteiger partial charge in [-0.25, -0.2) is 4.98 Å². The highest BCUT2D eigenvalue weighted by molar-refractivity contribution is 5.93. The number of hydrogen-bond acceptors (Lipinski definition) is 5. The van der Waals surface area contributed by atoms with E-state index < -0.39 is 0 Å². The summed E-state index contributed by atoms with van der Waals surface area (Å²) in [6, 6.07) is 11.9. The maximum atomic E-state index is 13.0. The lowest BCUT2D eigenvalue weighted by Crippen LogP contribution is -2.49. The summed E-state index contributed by atoms with van der Waals surface area (Å²) in [5.74, 6) is 0.833. The molecule has 1 aliphatic rings. The van der Waals surface area contributed by atoms with Crippen LogP contribution >= 0.6 is 0 Å². The predicted molar refractivity (Wildman–Crippen MR) is 123 cm³/mol. The molecule has 1 aromatic carbocycles. The van der Waals surface area contributed by atoms with E-state index in [9.17, 15) is 4.79 Å². The fourth-order valence-corrected chi connectivity index (χ4v) is 4.02. The molecule has 0 saturated carbocycles. The maximum absolute atomic E-state index is 13.0. The van der Waals surface area contributed by atoms with Gasteiger partial charge < -0.3 is 18.9 Å². The highest BCUT2D eigenvalue weighted by Gasteiger charge is 2.23. The van der Waals surface area contributed by atoms with E-state index in [1.807, 2.05) is 58.1 Å². The lowest BCUT2D eigenvalue weighted by atomic mass is 10.1. The first-order valence-electron chi connectivity index (χ1n) is 10.8. The number of rotatable bonds is 7. The fourth-order valence-electron chi connectivity index (χ4n) is 4.02. The summed E-state index contributed by atoms with van der Waals surface area (Å²) >= 11 is 0. The molecule has 7 nitrogen and oxygen atoms in total. The van der Waals surface area contributed by atoms with E-state index in [-0.39, 0.29) is 5.91 Å². The summed E-state index contributed by atoms with van der Waals surface area (Å²) in [7, 11) is 5.87. The van der Waals surface area contributed by atoms with Crippen LogP contribution in [-0.2, 0) is 0 Å². The monoisotopic (exact) mass is 421 g/mol. The van der Waals surface area contributed by atoms with E-state index >= 15 is 0 Å². The number of amides is 1. The largest absolute Gasteiger partial charge is 0.497 e. The Bertz CT molecular complexity index is 1040. The lowest BCUT2D eigenvalue weighted by Gasteiger charge is -2.34.